The monoisotopic (exact) mass is 419 g/mol. The number of aryl methyl sites for hydroxylation is 2. The van der Waals surface area contributed by atoms with Gasteiger partial charge < -0.3 is 14.8 Å². The molecule has 0 saturated heterocycles. The molecule has 3 rings (SSSR count). The number of allylic oxidation sites excluding steroid dienone is 1. The molecule has 0 atom stereocenters. The van der Waals surface area contributed by atoms with Crippen molar-refractivity contribution in [3.05, 3.63) is 77.6 Å². The molecule has 0 aliphatic heterocycles. The number of rotatable bonds is 9. The third-order valence-corrected chi connectivity index (χ3v) is 4.58. The molecule has 0 bridgehead atoms. The third-order valence-electron chi connectivity index (χ3n) is 4.58. The molecule has 0 aliphatic carbocycles. The summed E-state index contributed by atoms with van der Waals surface area (Å²) >= 11 is 0. The molecule has 160 valence electrons. The van der Waals surface area contributed by atoms with Crippen molar-refractivity contribution in [2.75, 3.05) is 19.0 Å². The van der Waals surface area contributed by atoms with Crippen LogP contribution in [0, 0.1) is 6.92 Å². The van der Waals surface area contributed by atoms with Crippen molar-refractivity contribution in [1.29, 1.82) is 0 Å². The lowest BCUT2D eigenvalue weighted by Crippen LogP contribution is -2.20. The van der Waals surface area contributed by atoms with Crippen LogP contribution in [0.2, 0.25) is 0 Å². The number of nitrogens with one attached hydrogen (secondary N) is 1. The van der Waals surface area contributed by atoms with E-state index >= 15 is 0 Å². The molecule has 1 N–H and O–H groups in total. The third kappa shape index (κ3) is 5.82. The van der Waals surface area contributed by atoms with Gasteiger partial charge in [-0.05, 0) is 55.8 Å². The summed E-state index contributed by atoms with van der Waals surface area (Å²) in [6.07, 6.45) is 4.80. The molecule has 7 nitrogen and oxygen atoms in total. The summed E-state index contributed by atoms with van der Waals surface area (Å²) in [5.74, 6) is 0.504. The summed E-state index contributed by atoms with van der Waals surface area (Å²) in [7, 11) is 1.52. The van der Waals surface area contributed by atoms with Gasteiger partial charge >= 0.3 is 0 Å². The predicted molar refractivity (Wildman–Crippen MR) is 120 cm³/mol. The van der Waals surface area contributed by atoms with Crippen molar-refractivity contribution in [2.45, 2.75) is 20.4 Å². The highest BCUT2D eigenvalue weighted by Crippen LogP contribution is 2.28. The summed E-state index contributed by atoms with van der Waals surface area (Å²) in [4.78, 5) is 24.5. The minimum absolute atomic E-state index is 0.133. The first-order chi connectivity index (χ1) is 15.0. The Hall–Kier alpha value is -3.87. The van der Waals surface area contributed by atoms with Gasteiger partial charge in [-0.1, -0.05) is 29.8 Å². The zero-order valence-corrected chi connectivity index (χ0v) is 17.8. The number of benzene rings is 2. The van der Waals surface area contributed by atoms with Crippen molar-refractivity contribution in [2.24, 2.45) is 0 Å². The molecule has 31 heavy (non-hydrogen) atoms. The number of ketones is 1. The Morgan fingerprint density at radius 1 is 1.10 bits per heavy atom. The van der Waals surface area contributed by atoms with Gasteiger partial charge in [-0.15, -0.1) is 0 Å². The summed E-state index contributed by atoms with van der Waals surface area (Å²) in [5, 5.41) is 6.89. The van der Waals surface area contributed by atoms with E-state index < -0.39 is 0 Å². The van der Waals surface area contributed by atoms with Crippen LogP contribution >= 0.6 is 0 Å². The van der Waals surface area contributed by atoms with Gasteiger partial charge in [0.1, 0.15) is 5.69 Å². The Morgan fingerprint density at radius 3 is 2.58 bits per heavy atom. The molecule has 0 fully saturated rings. The van der Waals surface area contributed by atoms with E-state index in [1.54, 1.807) is 41.2 Å². The van der Waals surface area contributed by atoms with Gasteiger partial charge in [0.2, 0.25) is 5.78 Å². The molecule has 0 unspecified atom stereocenters. The topological polar surface area (TPSA) is 82.5 Å². The Morgan fingerprint density at radius 2 is 1.87 bits per heavy atom. The van der Waals surface area contributed by atoms with E-state index in [2.05, 4.69) is 10.4 Å². The van der Waals surface area contributed by atoms with Crippen LogP contribution in [0.5, 0.6) is 11.5 Å². The van der Waals surface area contributed by atoms with Gasteiger partial charge in [0.05, 0.1) is 7.11 Å². The smallest absolute Gasteiger partial charge is 0.262 e. The van der Waals surface area contributed by atoms with Crippen LogP contribution < -0.4 is 14.8 Å². The minimum Gasteiger partial charge on any atom is -0.493 e. The van der Waals surface area contributed by atoms with Crippen molar-refractivity contribution in [3.63, 3.8) is 0 Å². The minimum atomic E-state index is -0.270. The van der Waals surface area contributed by atoms with Gasteiger partial charge in [0, 0.05) is 18.4 Å². The first-order valence-corrected chi connectivity index (χ1v) is 9.91. The number of carbonyl (C=O) groups excluding carboxylic acids is 2. The van der Waals surface area contributed by atoms with Gasteiger partial charge in [0.15, 0.2) is 18.1 Å². The molecule has 1 amide bonds. The van der Waals surface area contributed by atoms with Crippen LogP contribution in [-0.2, 0) is 11.3 Å². The number of methoxy groups -OCH3 is 1. The molecule has 1 aromatic heterocycles. The number of hydrogen-bond acceptors (Lipinski definition) is 5. The SMILES string of the molecule is CCn1nccc1C(=O)/C=C/c1ccc(OCC(=O)Nc2ccc(C)cc2)c(OC)c1. The maximum Gasteiger partial charge on any atom is 0.262 e. The van der Waals surface area contributed by atoms with E-state index in [1.165, 1.54) is 13.2 Å². The number of nitrogens with zero attached hydrogens (tertiary/aromatic N) is 2. The first-order valence-electron chi connectivity index (χ1n) is 9.91. The van der Waals surface area contributed by atoms with E-state index in [1.807, 2.05) is 38.1 Å². The lowest BCUT2D eigenvalue weighted by molar-refractivity contribution is -0.118. The average Bonchev–Trinajstić information content (AvgIpc) is 3.27. The van der Waals surface area contributed by atoms with Crippen molar-refractivity contribution in [3.8, 4) is 11.5 Å². The van der Waals surface area contributed by atoms with Crippen LogP contribution in [0.3, 0.4) is 0 Å². The zero-order valence-electron chi connectivity index (χ0n) is 17.8. The summed E-state index contributed by atoms with van der Waals surface area (Å²) in [6, 6.07) is 14.4. The molecule has 3 aromatic rings. The van der Waals surface area contributed by atoms with Crippen LogP contribution in [0.4, 0.5) is 5.69 Å². The second kappa shape index (κ2) is 10.2. The number of anilines is 1. The normalized spacial score (nSPS) is 10.8. The molecule has 7 heteroatoms. The number of amides is 1. The quantitative estimate of drug-likeness (QED) is 0.416. The second-order valence-corrected chi connectivity index (χ2v) is 6.84. The van der Waals surface area contributed by atoms with E-state index in [-0.39, 0.29) is 18.3 Å². The van der Waals surface area contributed by atoms with Crippen LogP contribution in [0.1, 0.15) is 28.5 Å². The highest BCUT2D eigenvalue weighted by atomic mass is 16.5. The van der Waals surface area contributed by atoms with Crippen molar-refractivity contribution >= 4 is 23.5 Å². The highest BCUT2D eigenvalue weighted by molar-refractivity contribution is 6.05. The number of ether oxygens (including phenoxy) is 2. The summed E-state index contributed by atoms with van der Waals surface area (Å²) < 4.78 is 12.6. The first kappa shape index (κ1) is 21.8. The number of carbonyl (C=O) groups is 2. The molecule has 0 spiro atoms. The molecule has 1 heterocycles. The fourth-order valence-corrected chi connectivity index (χ4v) is 2.94. The van der Waals surface area contributed by atoms with E-state index in [0.29, 0.717) is 29.4 Å². The lowest BCUT2D eigenvalue weighted by Gasteiger charge is -2.11. The van der Waals surface area contributed by atoms with Crippen LogP contribution in [-0.4, -0.2) is 35.2 Å². The maximum atomic E-state index is 12.4. The summed E-state index contributed by atoms with van der Waals surface area (Å²) in [5.41, 5.74) is 3.13. The van der Waals surface area contributed by atoms with Crippen molar-refractivity contribution < 1.29 is 19.1 Å². The van der Waals surface area contributed by atoms with E-state index in [4.69, 9.17) is 9.47 Å². The standard InChI is InChI=1S/C24H25N3O4/c1-4-27-20(13-14-25-27)21(28)11-7-18-8-12-22(23(15-18)30-3)31-16-24(29)26-19-9-5-17(2)6-10-19/h5-15H,4,16H2,1-3H3,(H,26,29)/b11-7+. The van der Waals surface area contributed by atoms with E-state index in [0.717, 1.165) is 11.1 Å². The summed E-state index contributed by atoms with van der Waals surface area (Å²) in [6.45, 7) is 4.38. The fourth-order valence-electron chi connectivity index (χ4n) is 2.94. The molecular weight excluding hydrogens is 394 g/mol. The van der Waals surface area contributed by atoms with Gasteiger partial charge in [-0.3, -0.25) is 14.3 Å². The Kier molecular flexibility index (Phi) is 7.22. The van der Waals surface area contributed by atoms with Gasteiger partial charge in [-0.25, -0.2) is 0 Å². The second-order valence-electron chi connectivity index (χ2n) is 6.84. The molecule has 2 aromatic carbocycles. The maximum absolute atomic E-state index is 12.4. The highest BCUT2D eigenvalue weighted by Gasteiger charge is 2.10. The molecule has 0 radical (unpaired) electrons. The Labute approximate surface area is 181 Å². The molecule has 0 saturated carbocycles. The Bertz CT molecular complexity index is 1080. The van der Waals surface area contributed by atoms with Crippen molar-refractivity contribution in [1.82, 2.24) is 9.78 Å². The molecular formula is C24H25N3O4. The van der Waals surface area contributed by atoms with Gasteiger partial charge in [0.25, 0.3) is 5.91 Å². The fraction of sp³-hybridized carbons (Fsp3) is 0.208. The Balaban J connectivity index is 1.62. The molecule has 0 aliphatic rings. The number of aromatic nitrogens is 2. The average molecular weight is 419 g/mol. The van der Waals surface area contributed by atoms with Gasteiger partial charge in [-0.2, -0.15) is 5.10 Å². The lowest BCUT2D eigenvalue weighted by atomic mass is 10.1. The van der Waals surface area contributed by atoms with Crippen LogP contribution in [0.15, 0.2) is 60.8 Å². The number of hydrogen-bond donors (Lipinski definition) is 1. The van der Waals surface area contributed by atoms with Crippen LogP contribution in [0.25, 0.3) is 6.08 Å². The zero-order chi connectivity index (χ0) is 22.2. The largest absolute Gasteiger partial charge is 0.493 e. The van der Waals surface area contributed by atoms with E-state index in [9.17, 15) is 9.59 Å². The predicted octanol–water partition coefficient (Wildman–Crippen LogP) is 4.13.